The van der Waals surface area contributed by atoms with Crippen molar-refractivity contribution in [2.75, 3.05) is 32.5 Å². The molecule has 1 aliphatic heterocycles. The summed E-state index contributed by atoms with van der Waals surface area (Å²) in [6.45, 7) is 5.95. The van der Waals surface area contributed by atoms with E-state index in [9.17, 15) is 8.42 Å². The van der Waals surface area contributed by atoms with Crippen molar-refractivity contribution < 1.29 is 13.2 Å². The Bertz CT molecular complexity index is 625. The Balaban J connectivity index is 1.48. The molecule has 0 aromatic heterocycles. The third kappa shape index (κ3) is 4.27. The van der Waals surface area contributed by atoms with E-state index in [1.807, 2.05) is 14.0 Å². The molecule has 2 unspecified atom stereocenters. The molecular weight excluding hydrogens is 364 g/mol. The summed E-state index contributed by atoms with van der Waals surface area (Å²) in [5.74, 6) is 1.09. The van der Waals surface area contributed by atoms with Gasteiger partial charge in [-0.05, 0) is 45.4 Å². The molecule has 2 atom stereocenters. The number of rotatable bonds is 7. The molecule has 3 rings (SSSR count). The topological polar surface area (TPSA) is 83.0 Å². The van der Waals surface area contributed by atoms with E-state index in [4.69, 9.17) is 4.74 Å². The van der Waals surface area contributed by atoms with Crippen molar-refractivity contribution in [1.29, 1.82) is 0 Å². The molecule has 7 nitrogen and oxygen atoms in total. The molecule has 2 aliphatic carbocycles. The number of aliphatic imine (C=N–C) groups is 1. The van der Waals surface area contributed by atoms with Crippen LogP contribution in [0.4, 0.5) is 0 Å². The van der Waals surface area contributed by atoms with Crippen LogP contribution in [0.2, 0.25) is 0 Å². The molecule has 8 heteroatoms. The van der Waals surface area contributed by atoms with Gasteiger partial charge in [-0.25, -0.2) is 12.7 Å². The van der Waals surface area contributed by atoms with Crippen LogP contribution >= 0.6 is 0 Å². The largest absolute Gasteiger partial charge is 0.378 e. The van der Waals surface area contributed by atoms with Gasteiger partial charge in [0, 0.05) is 44.2 Å². The van der Waals surface area contributed by atoms with Gasteiger partial charge in [-0.15, -0.1) is 0 Å². The van der Waals surface area contributed by atoms with Crippen molar-refractivity contribution in [3.8, 4) is 0 Å². The van der Waals surface area contributed by atoms with E-state index in [1.165, 1.54) is 19.3 Å². The van der Waals surface area contributed by atoms with Gasteiger partial charge in [0.2, 0.25) is 10.0 Å². The second-order valence-electron chi connectivity index (χ2n) is 8.17. The van der Waals surface area contributed by atoms with Crippen LogP contribution in [-0.2, 0) is 14.8 Å². The van der Waals surface area contributed by atoms with Gasteiger partial charge in [0.1, 0.15) is 0 Å². The second-order valence-corrected chi connectivity index (χ2v) is 10.3. The van der Waals surface area contributed by atoms with Gasteiger partial charge >= 0.3 is 0 Å². The summed E-state index contributed by atoms with van der Waals surface area (Å²) in [6.07, 6.45) is 7.50. The van der Waals surface area contributed by atoms with Gasteiger partial charge < -0.3 is 15.4 Å². The molecule has 0 amide bonds. The maximum Gasteiger partial charge on any atom is 0.214 e. The molecule has 3 fully saturated rings. The molecule has 27 heavy (non-hydrogen) atoms. The van der Waals surface area contributed by atoms with E-state index >= 15 is 0 Å². The molecule has 156 valence electrons. The summed E-state index contributed by atoms with van der Waals surface area (Å²) in [4.78, 5) is 4.42. The lowest BCUT2D eigenvalue weighted by Gasteiger charge is -2.61. The minimum Gasteiger partial charge on any atom is -0.378 e. The zero-order valence-electron chi connectivity index (χ0n) is 17.0. The summed E-state index contributed by atoms with van der Waals surface area (Å²) in [7, 11) is -1.27. The van der Waals surface area contributed by atoms with Crippen molar-refractivity contribution in [2.45, 2.75) is 77.0 Å². The Morgan fingerprint density at radius 2 is 1.93 bits per heavy atom. The van der Waals surface area contributed by atoms with Crippen molar-refractivity contribution in [1.82, 2.24) is 14.9 Å². The highest BCUT2D eigenvalue weighted by atomic mass is 32.2. The molecule has 1 heterocycles. The SMILES string of the molecule is CCCS(=O)(=O)N1CCC(NC(=NC)NC2CC(OCC)C23CCC3)CC1. The molecule has 1 spiro atoms. The van der Waals surface area contributed by atoms with Crippen molar-refractivity contribution in [3.63, 3.8) is 0 Å². The van der Waals surface area contributed by atoms with Gasteiger partial charge in [0.25, 0.3) is 0 Å². The summed E-state index contributed by atoms with van der Waals surface area (Å²) in [6, 6.07) is 0.698. The van der Waals surface area contributed by atoms with E-state index in [2.05, 4.69) is 22.5 Å². The van der Waals surface area contributed by atoms with Crippen LogP contribution in [0.5, 0.6) is 0 Å². The lowest BCUT2D eigenvalue weighted by Crippen LogP contribution is -2.69. The van der Waals surface area contributed by atoms with E-state index < -0.39 is 10.0 Å². The van der Waals surface area contributed by atoms with Gasteiger partial charge in [-0.3, -0.25) is 4.99 Å². The minimum absolute atomic E-state index is 0.249. The fourth-order valence-corrected chi connectivity index (χ4v) is 6.38. The fraction of sp³-hybridized carbons (Fsp3) is 0.947. The first-order chi connectivity index (χ1) is 12.9. The average Bonchev–Trinajstić information content (AvgIpc) is 2.58. The van der Waals surface area contributed by atoms with Gasteiger partial charge in [0.05, 0.1) is 11.9 Å². The molecular formula is C19H36N4O3S. The minimum atomic E-state index is -3.08. The number of piperidine rings is 1. The first-order valence-electron chi connectivity index (χ1n) is 10.5. The first-order valence-corrected chi connectivity index (χ1v) is 12.2. The molecule has 2 N–H and O–H groups in total. The zero-order chi connectivity index (χ0) is 19.5. The molecule has 1 saturated heterocycles. The fourth-order valence-electron chi connectivity index (χ4n) is 4.84. The number of nitrogens with zero attached hydrogens (tertiary/aromatic N) is 2. The molecule has 0 radical (unpaired) electrons. The van der Waals surface area contributed by atoms with E-state index in [0.717, 1.165) is 31.8 Å². The average molecular weight is 401 g/mol. The highest BCUT2D eigenvalue weighted by Crippen LogP contribution is 2.57. The smallest absolute Gasteiger partial charge is 0.214 e. The quantitative estimate of drug-likeness (QED) is 0.502. The van der Waals surface area contributed by atoms with Gasteiger partial charge in [-0.1, -0.05) is 13.3 Å². The summed E-state index contributed by atoms with van der Waals surface area (Å²) in [5.41, 5.74) is 0.297. The standard InChI is InChI=1S/C19H36N4O3S/c1-4-13-27(24,25)23-11-7-15(8-12-23)21-18(20-3)22-16-14-17(26-5-2)19(16)9-6-10-19/h15-17H,4-14H2,1-3H3,(H2,20,21,22). The van der Waals surface area contributed by atoms with Gasteiger partial charge in [-0.2, -0.15) is 0 Å². The Morgan fingerprint density at radius 3 is 2.44 bits per heavy atom. The van der Waals surface area contributed by atoms with Crippen LogP contribution in [0.25, 0.3) is 0 Å². The van der Waals surface area contributed by atoms with Crippen molar-refractivity contribution in [2.24, 2.45) is 10.4 Å². The maximum atomic E-state index is 12.2. The number of ether oxygens (including phenoxy) is 1. The molecule has 2 saturated carbocycles. The number of hydrogen-bond acceptors (Lipinski definition) is 4. The number of hydrogen-bond donors (Lipinski definition) is 2. The molecule has 0 aromatic carbocycles. The molecule has 0 bridgehead atoms. The van der Waals surface area contributed by atoms with E-state index in [-0.39, 0.29) is 11.8 Å². The van der Waals surface area contributed by atoms with Crippen LogP contribution < -0.4 is 10.6 Å². The Kier molecular flexibility index (Phi) is 6.69. The predicted octanol–water partition coefficient (Wildman–Crippen LogP) is 1.70. The van der Waals surface area contributed by atoms with E-state index in [1.54, 1.807) is 4.31 Å². The lowest BCUT2D eigenvalue weighted by atomic mass is 9.51. The predicted molar refractivity (Wildman–Crippen MR) is 108 cm³/mol. The number of guanidine groups is 1. The summed E-state index contributed by atoms with van der Waals surface area (Å²) < 4.78 is 32.0. The third-order valence-corrected chi connectivity index (χ3v) is 8.70. The molecule has 0 aromatic rings. The lowest BCUT2D eigenvalue weighted by molar-refractivity contribution is -0.168. The first kappa shape index (κ1) is 20.9. The normalized spacial score (nSPS) is 29.2. The molecule has 3 aliphatic rings. The second kappa shape index (κ2) is 8.66. The number of nitrogens with one attached hydrogen (secondary N) is 2. The number of sulfonamides is 1. The van der Waals surface area contributed by atoms with Crippen LogP contribution in [0.1, 0.15) is 58.8 Å². The van der Waals surface area contributed by atoms with Crippen molar-refractivity contribution in [3.05, 3.63) is 0 Å². The maximum absolute atomic E-state index is 12.2. The van der Waals surface area contributed by atoms with Gasteiger partial charge in [0.15, 0.2) is 5.96 Å². The summed E-state index contributed by atoms with van der Waals surface area (Å²) >= 11 is 0. The Morgan fingerprint density at radius 1 is 1.22 bits per heavy atom. The monoisotopic (exact) mass is 400 g/mol. The van der Waals surface area contributed by atoms with Crippen LogP contribution in [0.3, 0.4) is 0 Å². The van der Waals surface area contributed by atoms with E-state index in [0.29, 0.717) is 37.1 Å². The van der Waals surface area contributed by atoms with Crippen molar-refractivity contribution >= 4 is 16.0 Å². The highest BCUT2D eigenvalue weighted by molar-refractivity contribution is 7.89. The summed E-state index contributed by atoms with van der Waals surface area (Å²) in [5, 5.41) is 7.14. The highest BCUT2D eigenvalue weighted by Gasteiger charge is 2.59. The zero-order valence-corrected chi connectivity index (χ0v) is 17.9. The van der Waals surface area contributed by atoms with Crippen LogP contribution in [0, 0.1) is 5.41 Å². The van der Waals surface area contributed by atoms with Crippen LogP contribution in [-0.4, -0.2) is 69.4 Å². The Labute approximate surface area is 164 Å². The third-order valence-electron chi connectivity index (χ3n) is 6.62. The van der Waals surface area contributed by atoms with Crippen LogP contribution in [0.15, 0.2) is 4.99 Å². The Hall–Kier alpha value is -0.860.